The van der Waals surface area contributed by atoms with Crippen molar-refractivity contribution in [1.29, 1.82) is 0 Å². The molecular formula is C18H21N3O4. The molecule has 1 saturated heterocycles. The minimum absolute atomic E-state index is 0.135. The standard InChI is InChI=1S/C18H21N3O4/c1-11-3-4-13(18(23)24)9-16(11)20-17(22)15-10-19-21(12(15)2)14-5-7-25-8-6-14/h3-4,9-10,14H,5-8H2,1-2H3,(H,20,22)(H,23,24). The summed E-state index contributed by atoms with van der Waals surface area (Å²) in [6.45, 7) is 5.09. The zero-order valence-corrected chi connectivity index (χ0v) is 14.3. The van der Waals surface area contributed by atoms with Crippen LogP contribution in [0.2, 0.25) is 0 Å². The molecule has 0 radical (unpaired) electrons. The average molecular weight is 343 g/mol. The lowest BCUT2D eigenvalue weighted by Gasteiger charge is -2.23. The molecule has 7 heteroatoms. The molecule has 1 aromatic heterocycles. The lowest BCUT2D eigenvalue weighted by atomic mass is 10.1. The number of aromatic carboxylic acids is 1. The van der Waals surface area contributed by atoms with E-state index in [0.29, 0.717) is 24.5 Å². The predicted molar refractivity (Wildman–Crippen MR) is 92.1 cm³/mol. The average Bonchev–Trinajstić information content (AvgIpc) is 2.99. The van der Waals surface area contributed by atoms with Crippen molar-refractivity contribution in [3.05, 3.63) is 46.8 Å². The molecule has 1 aliphatic rings. The highest BCUT2D eigenvalue weighted by Gasteiger charge is 2.22. The van der Waals surface area contributed by atoms with Crippen molar-refractivity contribution in [3.8, 4) is 0 Å². The molecule has 0 spiro atoms. The lowest BCUT2D eigenvalue weighted by molar-refractivity contribution is 0.0656. The van der Waals surface area contributed by atoms with Crippen LogP contribution in [0.5, 0.6) is 0 Å². The largest absolute Gasteiger partial charge is 0.478 e. The Morgan fingerprint density at radius 1 is 1.28 bits per heavy atom. The summed E-state index contributed by atoms with van der Waals surface area (Å²) >= 11 is 0. The van der Waals surface area contributed by atoms with Crippen molar-refractivity contribution in [2.24, 2.45) is 0 Å². The van der Waals surface area contributed by atoms with Gasteiger partial charge < -0.3 is 15.2 Å². The Kier molecular flexibility index (Phi) is 4.85. The molecule has 1 fully saturated rings. The van der Waals surface area contributed by atoms with Crippen LogP contribution in [-0.2, 0) is 4.74 Å². The summed E-state index contributed by atoms with van der Waals surface area (Å²) in [5, 5.41) is 16.3. The number of carboxylic acid groups (broad SMARTS) is 1. The second-order valence-electron chi connectivity index (χ2n) is 6.22. The first-order chi connectivity index (χ1) is 12.0. The number of nitrogens with zero attached hydrogens (tertiary/aromatic N) is 2. The Labute approximate surface area is 145 Å². The predicted octanol–water partition coefficient (Wildman–Crippen LogP) is 2.80. The summed E-state index contributed by atoms with van der Waals surface area (Å²) in [6, 6.07) is 4.90. The molecular weight excluding hydrogens is 322 g/mol. The minimum Gasteiger partial charge on any atom is -0.478 e. The smallest absolute Gasteiger partial charge is 0.335 e. The van der Waals surface area contributed by atoms with E-state index in [0.717, 1.165) is 24.1 Å². The zero-order valence-electron chi connectivity index (χ0n) is 14.3. The van der Waals surface area contributed by atoms with Gasteiger partial charge in [0.05, 0.1) is 23.4 Å². The number of carbonyl (C=O) groups is 2. The first kappa shape index (κ1) is 17.2. The zero-order chi connectivity index (χ0) is 18.0. The van der Waals surface area contributed by atoms with Crippen LogP contribution in [0.4, 0.5) is 5.69 Å². The highest BCUT2D eigenvalue weighted by Crippen LogP contribution is 2.24. The van der Waals surface area contributed by atoms with E-state index in [4.69, 9.17) is 9.84 Å². The molecule has 2 N–H and O–H groups in total. The third kappa shape index (κ3) is 3.56. The van der Waals surface area contributed by atoms with Crippen LogP contribution in [0.1, 0.15) is 50.9 Å². The molecule has 0 aliphatic carbocycles. The van der Waals surface area contributed by atoms with Crippen LogP contribution >= 0.6 is 0 Å². The number of amides is 1. The highest BCUT2D eigenvalue weighted by atomic mass is 16.5. The van der Waals surface area contributed by atoms with Gasteiger partial charge in [0.2, 0.25) is 0 Å². The Morgan fingerprint density at radius 2 is 2.00 bits per heavy atom. The number of aryl methyl sites for hydroxylation is 1. The number of hydrogen-bond acceptors (Lipinski definition) is 4. The van der Waals surface area contributed by atoms with Crippen molar-refractivity contribution in [1.82, 2.24) is 9.78 Å². The molecule has 25 heavy (non-hydrogen) atoms. The van der Waals surface area contributed by atoms with Gasteiger partial charge in [0.15, 0.2) is 0 Å². The lowest BCUT2D eigenvalue weighted by Crippen LogP contribution is -2.22. The van der Waals surface area contributed by atoms with Crippen molar-refractivity contribution in [2.45, 2.75) is 32.7 Å². The van der Waals surface area contributed by atoms with Crippen LogP contribution in [-0.4, -0.2) is 40.0 Å². The van der Waals surface area contributed by atoms with Gasteiger partial charge in [0, 0.05) is 24.6 Å². The van der Waals surface area contributed by atoms with Gasteiger partial charge in [0.1, 0.15) is 0 Å². The number of nitrogens with one attached hydrogen (secondary N) is 1. The third-order valence-electron chi connectivity index (χ3n) is 4.56. The fraction of sp³-hybridized carbons (Fsp3) is 0.389. The van der Waals surface area contributed by atoms with Gasteiger partial charge in [-0.2, -0.15) is 5.10 Å². The second kappa shape index (κ2) is 7.06. The van der Waals surface area contributed by atoms with E-state index in [9.17, 15) is 9.59 Å². The van der Waals surface area contributed by atoms with E-state index >= 15 is 0 Å². The Hall–Kier alpha value is -2.67. The highest BCUT2D eigenvalue weighted by molar-refractivity contribution is 6.05. The van der Waals surface area contributed by atoms with Crippen LogP contribution in [0.15, 0.2) is 24.4 Å². The SMILES string of the molecule is Cc1ccc(C(=O)O)cc1NC(=O)c1cnn(C2CCOCC2)c1C. The molecule has 2 aromatic rings. The normalized spacial score (nSPS) is 15.1. The van der Waals surface area contributed by atoms with Crippen LogP contribution in [0, 0.1) is 13.8 Å². The number of aromatic nitrogens is 2. The van der Waals surface area contributed by atoms with Gasteiger partial charge in [-0.15, -0.1) is 0 Å². The monoisotopic (exact) mass is 343 g/mol. The topological polar surface area (TPSA) is 93.5 Å². The summed E-state index contributed by atoms with van der Waals surface area (Å²) in [5.74, 6) is -1.32. The number of rotatable bonds is 4. The molecule has 0 atom stereocenters. The maximum atomic E-state index is 12.6. The molecule has 3 rings (SSSR count). The van der Waals surface area contributed by atoms with Crippen molar-refractivity contribution < 1.29 is 19.4 Å². The van der Waals surface area contributed by atoms with Crippen LogP contribution in [0.25, 0.3) is 0 Å². The molecule has 7 nitrogen and oxygen atoms in total. The van der Waals surface area contributed by atoms with Gasteiger partial charge in [0.25, 0.3) is 5.91 Å². The number of carbonyl (C=O) groups excluding carboxylic acids is 1. The maximum absolute atomic E-state index is 12.6. The van der Waals surface area contributed by atoms with E-state index < -0.39 is 5.97 Å². The van der Waals surface area contributed by atoms with E-state index in [1.165, 1.54) is 12.1 Å². The minimum atomic E-state index is -1.03. The van der Waals surface area contributed by atoms with Crippen LogP contribution in [0.3, 0.4) is 0 Å². The van der Waals surface area contributed by atoms with E-state index in [2.05, 4.69) is 10.4 Å². The number of anilines is 1. The molecule has 1 aromatic carbocycles. The fourth-order valence-corrected chi connectivity index (χ4v) is 3.02. The number of carboxylic acids is 1. The summed E-state index contributed by atoms with van der Waals surface area (Å²) in [6.07, 6.45) is 3.32. The summed E-state index contributed by atoms with van der Waals surface area (Å²) in [4.78, 5) is 23.7. The number of hydrogen-bond donors (Lipinski definition) is 2. The first-order valence-electron chi connectivity index (χ1n) is 8.24. The molecule has 0 bridgehead atoms. The molecule has 0 unspecified atom stereocenters. The molecule has 2 heterocycles. The van der Waals surface area contributed by atoms with Gasteiger partial charge in [-0.05, 0) is 44.4 Å². The van der Waals surface area contributed by atoms with E-state index in [1.54, 1.807) is 12.3 Å². The quantitative estimate of drug-likeness (QED) is 0.890. The first-order valence-corrected chi connectivity index (χ1v) is 8.24. The van der Waals surface area contributed by atoms with Gasteiger partial charge in [-0.25, -0.2) is 4.79 Å². The van der Waals surface area contributed by atoms with Gasteiger partial charge in [-0.1, -0.05) is 6.07 Å². The molecule has 132 valence electrons. The van der Waals surface area contributed by atoms with Crippen molar-refractivity contribution in [2.75, 3.05) is 18.5 Å². The van der Waals surface area contributed by atoms with E-state index in [1.807, 2.05) is 18.5 Å². The summed E-state index contributed by atoms with van der Waals surface area (Å²) < 4.78 is 7.26. The number of benzene rings is 1. The molecule has 0 saturated carbocycles. The van der Waals surface area contributed by atoms with Gasteiger partial charge >= 0.3 is 5.97 Å². The second-order valence-corrected chi connectivity index (χ2v) is 6.22. The summed E-state index contributed by atoms with van der Waals surface area (Å²) in [5.41, 5.74) is 2.72. The van der Waals surface area contributed by atoms with Gasteiger partial charge in [-0.3, -0.25) is 9.48 Å². The Bertz CT molecular complexity index is 807. The fourth-order valence-electron chi connectivity index (χ4n) is 3.02. The van der Waals surface area contributed by atoms with Crippen molar-refractivity contribution >= 4 is 17.6 Å². The Morgan fingerprint density at radius 3 is 2.68 bits per heavy atom. The van der Waals surface area contributed by atoms with E-state index in [-0.39, 0.29) is 17.5 Å². The third-order valence-corrected chi connectivity index (χ3v) is 4.56. The molecule has 1 amide bonds. The summed E-state index contributed by atoms with van der Waals surface area (Å²) in [7, 11) is 0. The molecule has 1 aliphatic heterocycles. The van der Waals surface area contributed by atoms with Crippen molar-refractivity contribution in [3.63, 3.8) is 0 Å². The Balaban J connectivity index is 1.81. The van der Waals surface area contributed by atoms with Crippen LogP contribution < -0.4 is 5.32 Å². The maximum Gasteiger partial charge on any atom is 0.335 e. The number of ether oxygens (including phenoxy) is 1.